The SMILES string of the molecule is O=C(O)c1cc(C(=O)O)cc(N2C(=O)CC(Nc3ccc(Cl)c(Cl)c3)C2=O)c1. The predicted octanol–water partition coefficient (Wildman–Crippen LogP) is 3.13. The van der Waals surface area contributed by atoms with Crippen LogP contribution in [0.15, 0.2) is 36.4 Å². The molecule has 0 aromatic heterocycles. The maximum atomic E-state index is 12.7. The van der Waals surface area contributed by atoms with Gasteiger partial charge in [0.1, 0.15) is 6.04 Å². The first kappa shape index (κ1) is 19.7. The minimum atomic E-state index is -1.38. The van der Waals surface area contributed by atoms with Gasteiger partial charge in [-0.1, -0.05) is 23.2 Å². The average Bonchev–Trinajstić information content (AvgIpc) is 2.91. The lowest BCUT2D eigenvalue weighted by Crippen LogP contribution is -2.35. The normalized spacial score (nSPS) is 16.4. The molecule has 144 valence electrons. The van der Waals surface area contributed by atoms with Gasteiger partial charge < -0.3 is 15.5 Å². The Morgan fingerprint density at radius 2 is 1.57 bits per heavy atom. The standard InChI is InChI=1S/C18H12Cl2N2O6/c19-12-2-1-10(6-13(12)20)21-14-7-15(23)22(16(14)24)11-4-8(17(25)26)3-9(5-11)18(27)28/h1-6,14,21H,7H2,(H,25,26)(H,27,28). The first-order chi connectivity index (χ1) is 13.2. The predicted molar refractivity (Wildman–Crippen MR) is 101 cm³/mol. The summed E-state index contributed by atoms with van der Waals surface area (Å²) in [6.45, 7) is 0. The number of imide groups is 1. The van der Waals surface area contributed by atoms with E-state index in [2.05, 4.69) is 5.32 Å². The second kappa shape index (κ2) is 7.49. The van der Waals surface area contributed by atoms with Gasteiger partial charge in [0.05, 0.1) is 33.3 Å². The Morgan fingerprint density at radius 1 is 0.964 bits per heavy atom. The number of halogens is 2. The van der Waals surface area contributed by atoms with Gasteiger partial charge in [0, 0.05) is 5.69 Å². The first-order valence-electron chi connectivity index (χ1n) is 7.87. The lowest BCUT2D eigenvalue weighted by molar-refractivity contribution is -0.121. The molecule has 28 heavy (non-hydrogen) atoms. The molecule has 0 radical (unpaired) electrons. The van der Waals surface area contributed by atoms with E-state index in [4.69, 9.17) is 33.4 Å². The number of aromatic carboxylic acids is 2. The number of carboxylic acid groups (broad SMARTS) is 2. The fraction of sp³-hybridized carbons (Fsp3) is 0.111. The second-order valence-corrected chi connectivity index (χ2v) is 6.79. The van der Waals surface area contributed by atoms with Gasteiger partial charge in [-0.3, -0.25) is 9.59 Å². The molecular weight excluding hydrogens is 411 g/mol. The van der Waals surface area contributed by atoms with Gasteiger partial charge in [0.15, 0.2) is 0 Å². The molecule has 3 N–H and O–H groups in total. The van der Waals surface area contributed by atoms with Crippen molar-refractivity contribution >= 4 is 58.3 Å². The van der Waals surface area contributed by atoms with Crippen LogP contribution >= 0.6 is 23.2 Å². The summed E-state index contributed by atoms with van der Waals surface area (Å²) >= 11 is 11.8. The minimum Gasteiger partial charge on any atom is -0.478 e. The van der Waals surface area contributed by atoms with Crippen molar-refractivity contribution < 1.29 is 29.4 Å². The van der Waals surface area contributed by atoms with E-state index < -0.39 is 29.8 Å². The van der Waals surface area contributed by atoms with Crippen molar-refractivity contribution in [3.05, 3.63) is 57.6 Å². The van der Waals surface area contributed by atoms with Crippen molar-refractivity contribution in [3.63, 3.8) is 0 Å². The van der Waals surface area contributed by atoms with E-state index in [1.165, 1.54) is 12.1 Å². The molecule has 0 saturated carbocycles. The number of hydrogen-bond acceptors (Lipinski definition) is 5. The molecule has 2 amide bonds. The quantitative estimate of drug-likeness (QED) is 0.632. The summed E-state index contributed by atoms with van der Waals surface area (Å²) in [5.41, 5.74) is -0.355. The molecular formula is C18H12Cl2N2O6. The number of hydrogen-bond donors (Lipinski definition) is 3. The third-order valence-electron chi connectivity index (χ3n) is 4.08. The summed E-state index contributed by atoms with van der Waals surface area (Å²) in [7, 11) is 0. The van der Waals surface area contributed by atoms with Crippen molar-refractivity contribution in [2.45, 2.75) is 12.5 Å². The van der Waals surface area contributed by atoms with E-state index in [1.54, 1.807) is 6.07 Å². The number of carbonyl (C=O) groups is 4. The molecule has 1 saturated heterocycles. The lowest BCUT2D eigenvalue weighted by atomic mass is 10.1. The number of nitrogens with one attached hydrogen (secondary N) is 1. The number of amides is 2. The molecule has 1 atom stereocenters. The second-order valence-electron chi connectivity index (χ2n) is 5.98. The zero-order valence-electron chi connectivity index (χ0n) is 14.0. The molecule has 10 heteroatoms. The van der Waals surface area contributed by atoms with Crippen LogP contribution in [0.25, 0.3) is 0 Å². The Hall–Kier alpha value is -3.10. The molecule has 2 aromatic carbocycles. The van der Waals surface area contributed by atoms with Gasteiger partial charge in [-0.25, -0.2) is 14.5 Å². The van der Waals surface area contributed by atoms with Crippen molar-refractivity contribution in [3.8, 4) is 0 Å². The van der Waals surface area contributed by atoms with Crippen molar-refractivity contribution in [1.29, 1.82) is 0 Å². The highest BCUT2D eigenvalue weighted by molar-refractivity contribution is 6.42. The maximum absolute atomic E-state index is 12.7. The largest absolute Gasteiger partial charge is 0.478 e. The minimum absolute atomic E-state index is 0.120. The fourth-order valence-electron chi connectivity index (χ4n) is 2.79. The van der Waals surface area contributed by atoms with Gasteiger partial charge in [-0.15, -0.1) is 0 Å². The Morgan fingerprint density at radius 3 is 2.11 bits per heavy atom. The number of nitrogens with zero attached hydrogens (tertiary/aromatic N) is 1. The van der Waals surface area contributed by atoms with Crippen LogP contribution in [0.4, 0.5) is 11.4 Å². The van der Waals surface area contributed by atoms with Gasteiger partial charge in [-0.2, -0.15) is 0 Å². The Bertz CT molecular complexity index is 991. The molecule has 8 nitrogen and oxygen atoms in total. The van der Waals surface area contributed by atoms with E-state index in [1.807, 2.05) is 0 Å². The molecule has 3 rings (SSSR count). The summed E-state index contributed by atoms with van der Waals surface area (Å²) in [5, 5.41) is 21.8. The zero-order chi connectivity index (χ0) is 20.6. The smallest absolute Gasteiger partial charge is 0.335 e. The van der Waals surface area contributed by atoms with E-state index in [-0.39, 0.29) is 28.3 Å². The van der Waals surface area contributed by atoms with Crippen molar-refractivity contribution in [1.82, 2.24) is 0 Å². The van der Waals surface area contributed by atoms with Crippen LogP contribution in [0.2, 0.25) is 10.0 Å². The molecule has 0 spiro atoms. The summed E-state index contributed by atoms with van der Waals surface area (Å²) in [6, 6.07) is 6.79. The Balaban J connectivity index is 1.92. The van der Waals surface area contributed by atoms with E-state index >= 15 is 0 Å². The van der Waals surface area contributed by atoms with Gasteiger partial charge in [-0.05, 0) is 36.4 Å². The van der Waals surface area contributed by atoms with Gasteiger partial charge in [0.25, 0.3) is 5.91 Å². The monoisotopic (exact) mass is 422 g/mol. The maximum Gasteiger partial charge on any atom is 0.335 e. The topological polar surface area (TPSA) is 124 Å². The van der Waals surface area contributed by atoms with Crippen LogP contribution in [0.1, 0.15) is 27.1 Å². The van der Waals surface area contributed by atoms with Crippen LogP contribution in [-0.4, -0.2) is 40.0 Å². The number of carboxylic acids is 2. The summed E-state index contributed by atoms with van der Waals surface area (Å²) in [5.74, 6) is -4.00. The molecule has 1 heterocycles. The number of benzene rings is 2. The third kappa shape index (κ3) is 3.78. The van der Waals surface area contributed by atoms with Crippen LogP contribution < -0.4 is 10.2 Å². The zero-order valence-corrected chi connectivity index (χ0v) is 15.5. The Kier molecular flexibility index (Phi) is 5.26. The highest BCUT2D eigenvalue weighted by atomic mass is 35.5. The van der Waals surface area contributed by atoms with Gasteiger partial charge >= 0.3 is 11.9 Å². The fourth-order valence-corrected chi connectivity index (χ4v) is 3.09. The van der Waals surface area contributed by atoms with Crippen LogP contribution in [0, 0.1) is 0 Å². The highest BCUT2D eigenvalue weighted by Crippen LogP contribution is 2.29. The van der Waals surface area contributed by atoms with Gasteiger partial charge in [0.2, 0.25) is 5.91 Å². The van der Waals surface area contributed by atoms with E-state index in [0.29, 0.717) is 10.7 Å². The van der Waals surface area contributed by atoms with E-state index in [9.17, 15) is 19.2 Å². The van der Waals surface area contributed by atoms with Crippen molar-refractivity contribution in [2.75, 3.05) is 10.2 Å². The Labute approximate surface area is 168 Å². The molecule has 0 bridgehead atoms. The van der Waals surface area contributed by atoms with Crippen LogP contribution in [0.5, 0.6) is 0 Å². The summed E-state index contributed by atoms with van der Waals surface area (Å²) in [4.78, 5) is 48.4. The molecule has 2 aromatic rings. The average molecular weight is 423 g/mol. The van der Waals surface area contributed by atoms with Crippen LogP contribution in [-0.2, 0) is 9.59 Å². The molecule has 1 aliphatic heterocycles. The third-order valence-corrected chi connectivity index (χ3v) is 4.82. The van der Waals surface area contributed by atoms with Crippen LogP contribution in [0.3, 0.4) is 0 Å². The van der Waals surface area contributed by atoms with E-state index in [0.717, 1.165) is 23.1 Å². The molecule has 0 aliphatic carbocycles. The molecule has 1 fully saturated rings. The summed E-state index contributed by atoms with van der Waals surface area (Å²) in [6.07, 6.45) is -0.196. The molecule has 1 unspecified atom stereocenters. The summed E-state index contributed by atoms with van der Waals surface area (Å²) < 4.78 is 0. The number of carbonyl (C=O) groups excluding carboxylic acids is 2. The first-order valence-corrected chi connectivity index (χ1v) is 8.63. The number of rotatable bonds is 5. The number of anilines is 2. The lowest BCUT2D eigenvalue weighted by Gasteiger charge is -2.17. The van der Waals surface area contributed by atoms with Crippen molar-refractivity contribution in [2.24, 2.45) is 0 Å². The highest BCUT2D eigenvalue weighted by Gasteiger charge is 2.40. The molecule has 1 aliphatic rings.